The molecule has 0 aliphatic carbocycles. The average Bonchev–Trinajstić information content (AvgIpc) is 3.18. The quantitative estimate of drug-likeness (QED) is 0.789. The van der Waals surface area contributed by atoms with Crippen LogP contribution in [0.5, 0.6) is 0 Å². The summed E-state index contributed by atoms with van der Waals surface area (Å²) in [4.78, 5) is 43.9. The van der Waals surface area contributed by atoms with Gasteiger partial charge in [-0.15, -0.1) is 0 Å². The molecular formula is C16H19N5O5. The number of aromatic nitrogens is 3. The molecule has 10 heteroatoms. The molecule has 2 aliphatic heterocycles. The highest BCUT2D eigenvalue weighted by Crippen LogP contribution is 2.21. The van der Waals surface area contributed by atoms with Crippen LogP contribution in [0.15, 0.2) is 10.9 Å². The fourth-order valence-electron chi connectivity index (χ4n) is 3.48. The van der Waals surface area contributed by atoms with Crippen molar-refractivity contribution in [3.63, 3.8) is 0 Å². The first-order valence-corrected chi connectivity index (χ1v) is 8.49. The van der Waals surface area contributed by atoms with Crippen molar-refractivity contribution in [2.24, 2.45) is 0 Å². The molecule has 0 radical (unpaired) electrons. The third-order valence-corrected chi connectivity index (χ3v) is 4.89. The SMILES string of the molecule is CCc1cc2nc3c(c(=O)n2[nH]1)CN(C[C@@H]1COCCN1C(=O)O)C3=O. The van der Waals surface area contributed by atoms with E-state index < -0.39 is 12.1 Å². The molecule has 0 unspecified atom stereocenters. The summed E-state index contributed by atoms with van der Waals surface area (Å²) in [6.07, 6.45) is -0.318. The lowest BCUT2D eigenvalue weighted by Crippen LogP contribution is -2.53. The second-order valence-corrected chi connectivity index (χ2v) is 6.46. The molecule has 2 aromatic heterocycles. The number of morpholine rings is 1. The van der Waals surface area contributed by atoms with Gasteiger partial charge in [0.2, 0.25) is 0 Å². The zero-order valence-corrected chi connectivity index (χ0v) is 14.3. The van der Waals surface area contributed by atoms with Gasteiger partial charge < -0.3 is 14.7 Å². The Kier molecular flexibility index (Phi) is 3.91. The summed E-state index contributed by atoms with van der Waals surface area (Å²) in [6.45, 7) is 3.06. The van der Waals surface area contributed by atoms with E-state index in [2.05, 4.69) is 10.1 Å². The standard InChI is InChI=1S/C16H19N5O5/c1-2-9-5-12-17-13-11(14(22)21(12)18-9)7-19(15(13)23)6-10-8-26-4-3-20(10)16(24)25/h5,10,18H,2-4,6-8H2,1H3,(H,24,25)/t10-/m1/s1. The summed E-state index contributed by atoms with van der Waals surface area (Å²) >= 11 is 0. The molecule has 10 nitrogen and oxygen atoms in total. The Morgan fingerprint density at radius 3 is 3.00 bits per heavy atom. The zero-order chi connectivity index (χ0) is 18.4. The number of aryl methyl sites for hydroxylation is 1. The number of carbonyl (C=O) groups excluding carboxylic acids is 1. The number of H-pyrrole nitrogens is 1. The second kappa shape index (κ2) is 6.13. The molecule has 4 rings (SSSR count). The Hall–Kier alpha value is -2.88. The molecule has 138 valence electrons. The lowest BCUT2D eigenvalue weighted by atomic mass is 10.2. The highest BCUT2D eigenvalue weighted by Gasteiger charge is 2.37. The van der Waals surface area contributed by atoms with E-state index in [1.807, 2.05) is 6.92 Å². The van der Waals surface area contributed by atoms with Crippen molar-refractivity contribution in [2.75, 3.05) is 26.3 Å². The van der Waals surface area contributed by atoms with Gasteiger partial charge in [0.25, 0.3) is 11.5 Å². The molecule has 0 saturated carbocycles. The number of rotatable bonds is 3. The van der Waals surface area contributed by atoms with E-state index in [-0.39, 0.29) is 43.4 Å². The molecule has 4 heterocycles. The highest BCUT2D eigenvalue weighted by atomic mass is 16.5. The van der Waals surface area contributed by atoms with Crippen LogP contribution in [0.2, 0.25) is 0 Å². The molecule has 2 aliphatic rings. The van der Waals surface area contributed by atoms with E-state index in [4.69, 9.17) is 4.74 Å². The molecule has 1 saturated heterocycles. The van der Waals surface area contributed by atoms with E-state index in [0.717, 1.165) is 12.1 Å². The van der Waals surface area contributed by atoms with Gasteiger partial charge in [-0.3, -0.25) is 19.6 Å². The minimum atomic E-state index is -1.04. The van der Waals surface area contributed by atoms with Crippen LogP contribution in [0.4, 0.5) is 4.79 Å². The summed E-state index contributed by atoms with van der Waals surface area (Å²) in [5.74, 6) is -0.352. The fourth-order valence-corrected chi connectivity index (χ4v) is 3.48. The molecule has 0 spiro atoms. The third kappa shape index (κ3) is 2.53. The first kappa shape index (κ1) is 16.6. The smallest absolute Gasteiger partial charge is 0.407 e. The van der Waals surface area contributed by atoms with Gasteiger partial charge in [-0.2, -0.15) is 0 Å². The topological polar surface area (TPSA) is 120 Å². The lowest BCUT2D eigenvalue weighted by molar-refractivity contribution is -0.0102. The van der Waals surface area contributed by atoms with Crippen LogP contribution in [0.25, 0.3) is 5.65 Å². The maximum absolute atomic E-state index is 12.7. The number of aromatic amines is 1. The van der Waals surface area contributed by atoms with Gasteiger partial charge in [-0.05, 0) is 6.42 Å². The number of hydrogen-bond acceptors (Lipinski definition) is 5. The number of hydrogen-bond donors (Lipinski definition) is 2. The molecule has 2 aromatic rings. The monoisotopic (exact) mass is 361 g/mol. The first-order chi connectivity index (χ1) is 12.5. The van der Waals surface area contributed by atoms with Crippen molar-refractivity contribution in [2.45, 2.75) is 25.9 Å². The van der Waals surface area contributed by atoms with Crippen molar-refractivity contribution in [1.82, 2.24) is 24.4 Å². The lowest BCUT2D eigenvalue weighted by Gasteiger charge is -2.35. The van der Waals surface area contributed by atoms with Gasteiger partial charge >= 0.3 is 6.09 Å². The summed E-state index contributed by atoms with van der Waals surface area (Å²) < 4.78 is 6.70. The number of ether oxygens (including phenoxy) is 1. The summed E-state index contributed by atoms with van der Waals surface area (Å²) in [5.41, 5.74) is 1.45. The van der Waals surface area contributed by atoms with Gasteiger partial charge in [0.15, 0.2) is 5.65 Å². The van der Waals surface area contributed by atoms with E-state index in [0.29, 0.717) is 17.8 Å². The van der Waals surface area contributed by atoms with Crippen LogP contribution < -0.4 is 5.56 Å². The van der Waals surface area contributed by atoms with Crippen molar-refractivity contribution in [1.29, 1.82) is 0 Å². The molecule has 2 amide bonds. The number of nitrogens with one attached hydrogen (secondary N) is 1. The van der Waals surface area contributed by atoms with Crippen molar-refractivity contribution >= 4 is 17.6 Å². The molecule has 0 bridgehead atoms. The molecule has 2 N–H and O–H groups in total. The van der Waals surface area contributed by atoms with Crippen LogP contribution in [0, 0.1) is 0 Å². The van der Waals surface area contributed by atoms with Crippen molar-refractivity contribution < 1.29 is 19.4 Å². The summed E-state index contributed by atoms with van der Waals surface area (Å²) in [5, 5.41) is 12.3. The minimum absolute atomic E-state index is 0.118. The third-order valence-electron chi connectivity index (χ3n) is 4.89. The van der Waals surface area contributed by atoms with Crippen LogP contribution in [-0.2, 0) is 17.7 Å². The number of carbonyl (C=O) groups is 2. The predicted molar refractivity (Wildman–Crippen MR) is 89.3 cm³/mol. The zero-order valence-electron chi connectivity index (χ0n) is 14.3. The summed E-state index contributed by atoms with van der Waals surface area (Å²) in [7, 11) is 0. The Bertz CT molecular complexity index is 948. The molecule has 1 atom stereocenters. The largest absolute Gasteiger partial charge is 0.465 e. The van der Waals surface area contributed by atoms with E-state index in [9.17, 15) is 19.5 Å². The van der Waals surface area contributed by atoms with Gasteiger partial charge in [0, 0.05) is 24.8 Å². The predicted octanol–water partition coefficient (Wildman–Crippen LogP) is -0.0804. The maximum atomic E-state index is 12.7. The second-order valence-electron chi connectivity index (χ2n) is 6.46. The Balaban J connectivity index is 1.63. The van der Waals surface area contributed by atoms with Crippen LogP contribution >= 0.6 is 0 Å². The molecule has 26 heavy (non-hydrogen) atoms. The first-order valence-electron chi connectivity index (χ1n) is 8.49. The minimum Gasteiger partial charge on any atom is -0.465 e. The van der Waals surface area contributed by atoms with Crippen molar-refractivity contribution in [3.8, 4) is 0 Å². The normalized spacial score (nSPS) is 20.0. The Labute approximate surface area is 148 Å². The van der Waals surface area contributed by atoms with Gasteiger partial charge in [-0.25, -0.2) is 14.3 Å². The number of carboxylic acid groups (broad SMARTS) is 1. The van der Waals surface area contributed by atoms with E-state index in [1.165, 1.54) is 14.3 Å². The number of nitrogens with zero attached hydrogens (tertiary/aromatic N) is 4. The maximum Gasteiger partial charge on any atom is 0.407 e. The van der Waals surface area contributed by atoms with E-state index in [1.54, 1.807) is 6.07 Å². The number of fused-ring (bicyclic) bond motifs is 2. The number of amides is 2. The van der Waals surface area contributed by atoms with Crippen LogP contribution in [0.3, 0.4) is 0 Å². The average molecular weight is 361 g/mol. The Morgan fingerprint density at radius 2 is 2.27 bits per heavy atom. The van der Waals surface area contributed by atoms with Gasteiger partial charge in [-0.1, -0.05) is 6.92 Å². The fraction of sp³-hybridized carbons (Fsp3) is 0.500. The highest BCUT2D eigenvalue weighted by molar-refractivity contribution is 5.96. The molecule has 1 fully saturated rings. The van der Waals surface area contributed by atoms with Crippen LogP contribution in [-0.4, -0.2) is 73.8 Å². The summed E-state index contributed by atoms with van der Waals surface area (Å²) in [6, 6.07) is 1.29. The van der Waals surface area contributed by atoms with Crippen molar-refractivity contribution in [3.05, 3.63) is 33.4 Å². The Morgan fingerprint density at radius 1 is 1.46 bits per heavy atom. The molecule has 0 aromatic carbocycles. The van der Waals surface area contributed by atoms with E-state index >= 15 is 0 Å². The van der Waals surface area contributed by atoms with Gasteiger partial charge in [0.05, 0.1) is 31.4 Å². The van der Waals surface area contributed by atoms with Gasteiger partial charge in [0.1, 0.15) is 5.69 Å². The van der Waals surface area contributed by atoms with Crippen LogP contribution in [0.1, 0.15) is 28.7 Å². The molecular weight excluding hydrogens is 342 g/mol.